The molecule has 4 heteroatoms. The summed E-state index contributed by atoms with van der Waals surface area (Å²) in [5.41, 5.74) is 9.05. The Morgan fingerprint density at radius 1 is 1.17 bits per heavy atom. The molecule has 0 spiro atoms. The lowest BCUT2D eigenvalue weighted by molar-refractivity contribution is -0.157. The third-order valence-corrected chi connectivity index (χ3v) is 11.1. The molecule has 36 heavy (non-hydrogen) atoms. The Kier molecular flexibility index (Phi) is 7.00. The molecule has 3 aliphatic rings. The van der Waals surface area contributed by atoms with Crippen molar-refractivity contribution in [3.63, 3.8) is 0 Å². The molecule has 0 heterocycles. The van der Waals surface area contributed by atoms with Gasteiger partial charge < -0.3 is 15.6 Å². The number of allylic oxidation sites excluding steroid dienone is 2. The van der Waals surface area contributed by atoms with Gasteiger partial charge in [-0.2, -0.15) is 0 Å². The lowest BCUT2D eigenvalue weighted by atomic mass is 9.55. The largest absolute Gasteiger partial charge is 0.458 e. The molecule has 0 radical (unpaired) electrons. The van der Waals surface area contributed by atoms with Gasteiger partial charge in [0.1, 0.15) is 5.60 Å². The lowest BCUT2D eigenvalue weighted by Gasteiger charge is -2.49. The molecular formula is C32H47NO3. The van der Waals surface area contributed by atoms with E-state index in [4.69, 9.17) is 10.5 Å². The Hall–Kier alpha value is -2.07. The molecule has 1 aromatic rings. The van der Waals surface area contributed by atoms with Crippen molar-refractivity contribution < 1.29 is 14.6 Å². The Morgan fingerprint density at radius 3 is 2.44 bits per heavy atom. The topological polar surface area (TPSA) is 72.5 Å². The molecule has 0 saturated heterocycles. The fourth-order valence-electron chi connectivity index (χ4n) is 7.94. The zero-order valence-corrected chi connectivity index (χ0v) is 23.4. The van der Waals surface area contributed by atoms with Gasteiger partial charge >= 0.3 is 5.97 Å². The second kappa shape index (κ2) is 9.35. The maximum Gasteiger partial charge on any atom is 0.306 e. The van der Waals surface area contributed by atoms with Gasteiger partial charge in [0.05, 0.1) is 6.61 Å². The summed E-state index contributed by atoms with van der Waals surface area (Å²) in [7, 11) is 0. The Balaban J connectivity index is 1.52. The number of rotatable bonds is 8. The molecule has 198 valence electrons. The first kappa shape index (κ1) is 27.0. The molecule has 4 rings (SSSR count). The zero-order chi connectivity index (χ0) is 26.5. The molecule has 3 unspecified atom stereocenters. The van der Waals surface area contributed by atoms with Gasteiger partial charge in [-0.3, -0.25) is 4.79 Å². The van der Waals surface area contributed by atoms with Crippen LogP contribution >= 0.6 is 0 Å². The van der Waals surface area contributed by atoms with Crippen molar-refractivity contribution >= 4 is 5.97 Å². The van der Waals surface area contributed by atoms with E-state index < -0.39 is 0 Å². The standard InChI is InChI=1S/C32H47NO3/c1-21-17-32(36-28(35)14-13-23-11-9-8-10-12-23)27(30(32,5)6)16-25(21)26-15-22(2)29(3,4)31(26,7)18-24(19-33)20-34/h8-12,15,19,21,25-27,34H,13-14,16-18,20,33H2,1-7H3/b24-19+/t21-,25?,26?,27-,31?,32+/m1/s1. The van der Waals surface area contributed by atoms with Gasteiger partial charge in [0.25, 0.3) is 0 Å². The van der Waals surface area contributed by atoms with Crippen LogP contribution in [0.3, 0.4) is 0 Å². The molecule has 1 aromatic carbocycles. The highest BCUT2D eigenvalue weighted by molar-refractivity contribution is 5.71. The van der Waals surface area contributed by atoms with Crippen LogP contribution in [-0.4, -0.2) is 23.3 Å². The van der Waals surface area contributed by atoms with E-state index in [0.717, 1.165) is 31.3 Å². The maximum atomic E-state index is 13.0. The van der Waals surface area contributed by atoms with Gasteiger partial charge in [-0.25, -0.2) is 0 Å². The van der Waals surface area contributed by atoms with Gasteiger partial charge in [-0.05, 0) is 78.5 Å². The minimum absolute atomic E-state index is 0.00484. The van der Waals surface area contributed by atoms with Crippen LogP contribution in [0.2, 0.25) is 0 Å². The summed E-state index contributed by atoms with van der Waals surface area (Å²) in [6.07, 6.45) is 8.05. The van der Waals surface area contributed by atoms with E-state index in [9.17, 15) is 9.90 Å². The van der Waals surface area contributed by atoms with Gasteiger partial charge in [-0.1, -0.05) is 83.5 Å². The van der Waals surface area contributed by atoms with Gasteiger partial charge in [0.15, 0.2) is 0 Å². The fraction of sp³-hybridized carbons (Fsp3) is 0.656. The van der Waals surface area contributed by atoms with Crippen LogP contribution in [0.15, 0.2) is 53.8 Å². The average molecular weight is 494 g/mol. The first-order valence-electron chi connectivity index (χ1n) is 13.8. The number of hydrogen-bond acceptors (Lipinski definition) is 4. The summed E-state index contributed by atoms with van der Waals surface area (Å²) >= 11 is 0. The molecule has 3 N–H and O–H groups in total. The van der Waals surface area contributed by atoms with Crippen LogP contribution in [0.4, 0.5) is 0 Å². The second-order valence-corrected chi connectivity index (χ2v) is 13.3. The number of nitrogens with two attached hydrogens (primary N) is 1. The smallest absolute Gasteiger partial charge is 0.306 e. The van der Waals surface area contributed by atoms with Crippen molar-refractivity contribution in [2.75, 3.05) is 6.61 Å². The number of aliphatic hydroxyl groups is 1. The molecule has 6 atom stereocenters. The summed E-state index contributed by atoms with van der Waals surface area (Å²) in [6.45, 7) is 16.3. The van der Waals surface area contributed by atoms with Crippen molar-refractivity contribution in [3.8, 4) is 0 Å². The highest BCUT2D eigenvalue weighted by Gasteiger charge is 2.76. The third kappa shape index (κ3) is 4.14. The number of aryl methyl sites for hydroxylation is 1. The number of hydrogen-bond donors (Lipinski definition) is 2. The number of benzene rings is 1. The Bertz CT molecular complexity index is 1040. The average Bonchev–Trinajstić information content (AvgIpc) is 3.23. The summed E-state index contributed by atoms with van der Waals surface area (Å²) < 4.78 is 6.37. The minimum Gasteiger partial charge on any atom is -0.458 e. The predicted octanol–water partition coefficient (Wildman–Crippen LogP) is 6.44. The molecule has 0 aliphatic heterocycles. The predicted molar refractivity (Wildman–Crippen MR) is 146 cm³/mol. The second-order valence-electron chi connectivity index (χ2n) is 13.3. The highest BCUT2D eigenvalue weighted by atomic mass is 16.6. The first-order valence-corrected chi connectivity index (χ1v) is 13.8. The Morgan fingerprint density at radius 2 is 1.83 bits per heavy atom. The van der Waals surface area contributed by atoms with Gasteiger partial charge in [-0.15, -0.1) is 0 Å². The molecule has 3 aliphatic carbocycles. The monoisotopic (exact) mass is 493 g/mol. The molecule has 4 nitrogen and oxygen atoms in total. The summed E-state index contributed by atoms with van der Waals surface area (Å²) in [4.78, 5) is 13.0. The quantitative estimate of drug-likeness (QED) is 0.323. The number of carbonyl (C=O) groups is 1. The van der Waals surface area contributed by atoms with Crippen molar-refractivity contribution in [2.24, 2.45) is 45.7 Å². The summed E-state index contributed by atoms with van der Waals surface area (Å²) in [5, 5.41) is 9.92. The number of ether oxygens (including phenoxy) is 1. The van der Waals surface area contributed by atoms with Crippen LogP contribution in [0.25, 0.3) is 0 Å². The van der Waals surface area contributed by atoms with Crippen molar-refractivity contribution in [2.45, 2.75) is 86.2 Å². The zero-order valence-electron chi connectivity index (χ0n) is 23.4. The van der Waals surface area contributed by atoms with Crippen LogP contribution in [0.5, 0.6) is 0 Å². The molecule has 2 fully saturated rings. The van der Waals surface area contributed by atoms with Crippen LogP contribution in [-0.2, 0) is 16.0 Å². The van der Waals surface area contributed by atoms with E-state index >= 15 is 0 Å². The van der Waals surface area contributed by atoms with Crippen LogP contribution < -0.4 is 5.73 Å². The van der Waals surface area contributed by atoms with E-state index in [-0.39, 0.29) is 34.4 Å². The number of esters is 1. The normalized spacial score (nSPS) is 36.7. The van der Waals surface area contributed by atoms with Crippen molar-refractivity contribution in [1.82, 2.24) is 0 Å². The van der Waals surface area contributed by atoms with Gasteiger partial charge in [0.2, 0.25) is 0 Å². The van der Waals surface area contributed by atoms with Crippen molar-refractivity contribution in [3.05, 3.63) is 59.3 Å². The van der Waals surface area contributed by atoms with Crippen molar-refractivity contribution in [1.29, 1.82) is 0 Å². The SMILES string of the molecule is CC1=CC(C2C[C@@H]3C(C)(C)[C@]3(OC(=O)CCc3ccccc3)C[C@H]2C)C(C)(C/C(=C\N)CO)C1(C)C. The molecule has 0 aromatic heterocycles. The van der Waals surface area contributed by atoms with Gasteiger partial charge in [0, 0.05) is 17.8 Å². The molecule has 0 amide bonds. The van der Waals surface area contributed by atoms with E-state index in [1.165, 1.54) is 11.1 Å². The fourth-order valence-corrected chi connectivity index (χ4v) is 7.94. The molecule has 0 bridgehead atoms. The maximum absolute atomic E-state index is 13.0. The van der Waals surface area contributed by atoms with Crippen LogP contribution in [0.1, 0.15) is 79.7 Å². The van der Waals surface area contributed by atoms with E-state index in [2.05, 4.69) is 66.7 Å². The van der Waals surface area contributed by atoms with E-state index in [1.54, 1.807) is 6.20 Å². The lowest BCUT2D eigenvalue weighted by Crippen LogP contribution is -2.44. The minimum atomic E-state index is -0.340. The van der Waals surface area contributed by atoms with Crippen LogP contribution in [0, 0.1) is 39.9 Å². The highest BCUT2D eigenvalue weighted by Crippen LogP contribution is 2.74. The number of aliphatic hydroxyl groups excluding tert-OH is 1. The molecular weight excluding hydrogens is 446 g/mol. The molecule has 2 saturated carbocycles. The first-order chi connectivity index (χ1) is 16.8. The Labute approximate surface area is 218 Å². The summed E-state index contributed by atoms with van der Waals surface area (Å²) in [6, 6.07) is 10.2. The van der Waals surface area contributed by atoms with E-state index in [0.29, 0.717) is 30.1 Å². The summed E-state index contributed by atoms with van der Waals surface area (Å²) in [5.74, 6) is 1.66. The third-order valence-electron chi connectivity index (χ3n) is 11.1. The number of carbonyl (C=O) groups excluding carboxylic acids is 1. The number of fused-ring (bicyclic) bond motifs is 1. The van der Waals surface area contributed by atoms with E-state index in [1.807, 2.05) is 18.2 Å².